The zero-order valence-electron chi connectivity index (χ0n) is 11.2. The van der Waals surface area contributed by atoms with Crippen LogP contribution < -0.4 is 5.32 Å². The molecule has 0 saturated carbocycles. The van der Waals surface area contributed by atoms with Gasteiger partial charge in [0.2, 0.25) is 0 Å². The molecule has 0 radical (unpaired) electrons. The molecule has 0 aliphatic carbocycles. The van der Waals surface area contributed by atoms with Crippen LogP contribution in [-0.2, 0) is 6.42 Å². The minimum Gasteiger partial charge on any atom is -0.310 e. The molecule has 1 unspecified atom stereocenters. The van der Waals surface area contributed by atoms with Crippen LogP contribution in [0.5, 0.6) is 0 Å². The number of benzene rings is 2. The van der Waals surface area contributed by atoms with Crippen molar-refractivity contribution in [3.63, 3.8) is 0 Å². The number of likely N-dealkylation sites (N-methyl/N-ethyl adjacent to an activating group) is 1. The Kier molecular flexibility index (Phi) is 5.10. The third-order valence-corrected chi connectivity index (χ3v) is 3.51. The van der Waals surface area contributed by atoms with Crippen LogP contribution in [0.1, 0.15) is 24.1 Å². The fourth-order valence-electron chi connectivity index (χ4n) is 2.16. The second-order valence-electron chi connectivity index (χ2n) is 4.60. The van der Waals surface area contributed by atoms with E-state index in [4.69, 9.17) is 11.6 Å². The van der Waals surface area contributed by atoms with Crippen molar-refractivity contribution in [2.24, 2.45) is 0 Å². The van der Waals surface area contributed by atoms with Gasteiger partial charge in [-0.1, -0.05) is 36.7 Å². The average Bonchev–Trinajstić information content (AvgIpc) is 2.42. The molecule has 0 spiro atoms. The van der Waals surface area contributed by atoms with Gasteiger partial charge in [-0.2, -0.15) is 0 Å². The lowest BCUT2D eigenvalue weighted by Gasteiger charge is -2.19. The van der Waals surface area contributed by atoms with Gasteiger partial charge in [0.1, 0.15) is 11.6 Å². The number of nitrogens with one attached hydrogen (secondary N) is 1. The van der Waals surface area contributed by atoms with Crippen molar-refractivity contribution in [3.05, 3.63) is 70.2 Å². The molecule has 1 atom stereocenters. The molecule has 0 bridgehead atoms. The first-order valence-electron chi connectivity index (χ1n) is 6.53. The Hall–Kier alpha value is -1.45. The van der Waals surface area contributed by atoms with Gasteiger partial charge in [0, 0.05) is 11.1 Å². The summed E-state index contributed by atoms with van der Waals surface area (Å²) in [5.74, 6) is -0.607. The lowest BCUT2D eigenvalue weighted by atomic mass is 9.98. The molecular weight excluding hydrogens is 280 g/mol. The molecule has 0 amide bonds. The van der Waals surface area contributed by atoms with Crippen molar-refractivity contribution in [2.75, 3.05) is 6.54 Å². The van der Waals surface area contributed by atoms with Crippen molar-refractivity contribution in [1.82, 2.24) is 5.32 Å². The predicted molar refractivity (Wildman–Crippen MR) is 77.9 cm³/mol. The first-order chi connectivity index (χ1) is 9.60. The summed E-state index contributed by atoms with van der Waals surface area (Å²) in [6, 6.07) is 10.8. The van der Waals surface area contributed by atoms with Gasteiger partial charge in [0.25, 0.3) is 0 Å². The van der Waals surface area contributed by atoms with Gasteiger partial charge in [-0.3, -0.25) is 0 Å². The van der Waals surface area contributed by atoms with Crippen LogP contribution in [-0.4, -0.2) is 6.54 Å². The minimum absolute atomic E-state index is 0.0172. The highest BCUT2D eigenvalue weighted by molar-refractivity contribution is 6.31. The second-order valence-corrected chi connectivity index (χ2v) is 5.01. The van der Waals surface area contributed by atoms with Crippen LogP contribution in [0.2, 0.25) is 5.02 Å². The fourth-order valence-corrected chi connectivity index (χ4v) is 2.40. The van der Waals surface area contributed by atoms with Crippen molar-refractivity contribution in [2.45, 2.75) is 19.4 Å². The Morgan fingerprint density at radius 1 is 1.05 bits per heavy atom. The Labute approximate surface area is 122 Å². The van der Waals surface area contributed by atoms with E-state index in [1.165, 1.54) is 24.3 Å². The summed E-state index contributed by atoms with van der Waals surface area (Å²) in [4.78, 5) is 0. The highest BCUT2D eigenvalue weighted by Gasteiger charge is 2.13. The van der Waals surface area contributed by atoms with Gasteiger partial charge in [-0.15, -0.1) is 0 Å². The van der Waals surface area contributed by atoms with Gasteiger partial charge < -0.3 is 5.32 Å². The molecule has 106 valence electrons. The van der Waals surface area contributed by atoms with E-state index in [-0.39, 0.29) is 17.7 Å². The third kappa shape index (κ3) is 3.78. The van der Waals surface area contributed by atoms with E-state index in [0.717, 1.165) is 17.7 Å². The van der Waals surface area contributed by atoms with Crippen LogP contribution in [0.4, 0.5) is 8.78 Å². The Balaban J connectivity index is 2.22. The molecule has 1 N–H and O–H groups in total. The van der Waals surface area contributed by atoms with Crippen LogP contribution >= 0.6 is 11.6 Å². The zero-order valence-corrected chi connectivity index (χ0v) is 11.9. The molecule has 1 nitrogen and oxygen atoms in total. The zero-order chi connectivity index (χ0) is 14.5. The molecule has 0 aliphatic heterocycles. The van der Waals surface area contributed by atoms with Crippen LogP contribution in [0.25, 0.3) is 0 Å². The normalized spacial score (nSPS) is 12.4. The summed E-state index contributed by atoms with van der Waals surface area (Å²) in [6.07, 6.45) is 0.624. The van der Waals surface area contributed by atoms with E-state index in [9.17, 15) is 8.78 Å². The molecule has 0 fully saturated rings. The molecule has 0 aliphatic rings. The van der Waals surface area contributed by atoms with E-state index in [1.54, 1.807) is 18.2 Å². The SMILES string of the molecule is CCNC(Cc1ccc(F)cc1Cl)c1ccc(F)cc1. The highest BCUT2D eigenvalue weighted by atomic mass is 35.5. The molecule has 0 heterocycles. The maximum Gasteiger partial charge on any atom is 0.124 e. The van der Waals surface area contributed by atoms with Crippen molar-refractivity contribution in [3.8, 4) is 0 Å². The predicted octanol–water partition coefficient (Wildman–Crippen LogP) is 4.51. The van der Waals surface area contributed by atoms with Gasteiger partial charge in [-0.25, -0.2) is 8.78 Å². The number of hydrogen-bond acceptors (Lipinski definition) is 1. The summed E-state index contributed by atoms with van der Waals surface area (Å²) in [7, 11) is 0. The van der Waals surface area contributed by atoms with E-state index >= 15 is 0 Å². The van der Waals surface area contributed by atoms with E-state index in [0.29, 0.717) is 11.4 Å². The molecule has 2 aromatic carbocycles. The number of rotatable bonds is 5. The lowest BCUT2D eigenvalue weighted by molar-refractivity contribution is 0.546. The van der Waals surface area contributed by atoms with Gasteiger partial charge in [-0.05, 0) is 48.4 Å². The maximum absolute atomic E-state index is 13.1. The average molecular weight is 296 g/mol. The lowest BCUT2D eigenvalue weighted by Crippen LogP contribution is -2.23. The summed E-state index contributed by atoms with van der Waals surface area (Å²) in [6.45, 7) is 2.78. The van der Waals surface area contributed by atoms with E-state index in [2.05, 4.69) is 5.32 Å². The van der Waals surface area contributed by atoms with Crippen LogP contribution in [0, 0.1) is 11.6 Å². The van der Waals surface area contributed by atoms with E-state index < -0.39 is 0 Å². The number of hydrogen-bond donors (Lipinski definition) is 1. The van der Waals surface area contributed by atoms with Gasteiger partial charge in [0.15, 0.2) is 0 Å². The fraction of sp³-hybridized carbons (Fsp3) is 0.250. The van der Waals surface area contributed by atoms with Crippen molar-refractivity contribution in [1.29, 1.82) is 0 Å². The molecule has 4 heteroatoms. The van der Waals surface area contributed by atoms with Crippen molar-refractivity contribution < 1.29 is 8.78 Å². The molecular formula is C16H16ClF2N. The Bertz CT molecular complexity index is 569. The van der Waals surface area contributed by atoms with Gasteiger partial charge in [0.05, 0.1) is 0 Å². The molecule has 2 rings (SSSR count). The topological polar surface area (TPSA) is 12.0 Å². The molecule has 0 aromatic heterocycles. The second kappa shape index (κ2) is 6.82. The number of halogens is 3. The molecule has 20 heavy (non-hydrogen) atoms. The summed E-state index contributed by atoms with van der Waals surface area (Å²) >= 11 is 6.06. The monoisotopic (exact) mass is 295 g/mol. The smallest absolute Gasteiger partial charge is 0.124 e. The van der Waals surface area contributed by atoms with Crippen LogP contribution in [0.15, 0.2) is 42.5 Å². The summed E-state index contributed by atoms with van der Waals surface area (Å²) in [5.41, 5.74) is 1.84. The van der Waals surface area contributed by atoms with Gasteiger partial charge >= 0.3 is 0 Å². The first kappa shape index (κ1) is 14.9. The third-order valence-electron chi connectivity index (χ3n) is 3.16. The standard InChI is InChI=1S/C16H16ClF2N/c1-2-20-16(11-3-6-13(18)7-4-11)9-12-5-8-14(19)10-15(12)17/h3-8,10,16,20H,2,9H2,1H3. The molecule has 0 saturated heterocycles. The Morgan fingerprint density at radius 3 is 2.30 bits per heavy atom. The quantitative estimate of drug-likeness (QED) is 0.855. The minimum atomic E-state index is -0.347. The Morgan fingerprint density at radius 2 is 1.70 bits per heavy atom. The summed E-state index contributed by atoms with van der Waals surface area (Å²) in [5, 5.41) is 3.75. The molecule has 2 aromatic rings. The maximum atomic E-state index is 13.1. The highest BCUT2D eigenvalue weighted by Crippen LogP contribution is 2.24. The largest absolute Gasteiger partial charge is 0.310 e. The van der Waals surface area contributed by atoms with Crippen LogP contribution in [0.3, 0.4) is 0 Å². The first-order valence-corrected chi connectivity index (χ1v) is 6.90. The summed E-state index contributed by atoms with van der Waals surface area (Å²) < 4.78 is 26.0. The van der Waals surface area contributed by atoms with E-state index in [1.807, 2.05) is 6.92 Å². The van der Waals surface area contributed by atoms with Crippen molar-refractivity contribution >= 4 is 11.6 Å².